The Bertz CT molecular complexity index is 585. The first-order valence-corrected chi connectivity index (χ1v) is 6.20. The van der Waals surface area contributed by atoms with E-state index in [2.05, 4.69) is 21.0 Å². The van der Waals surface area contributed by atoms with Crippen molar-refractivity contribution in [3.8, 4) is 5.75 Å². The molecule has 1 aromatic heterocycles. The molecule has 0 amide bonds. The summed E-state index contributed by atoms with van der Waals surface area (Å²) in [4.78, 5) is 12.5. The van der Waals surface area contributed by atoms with Crippen molar-refractivity contribution in [2.45, 2.75) is 6.92 Å². The summed E-state index contributed by atoms with van der Waals surface area (Å²) < 4.78 is 7.56. The number of nitrogens with zero attached hydrogens (tertiary/aromatic N) is 2. The molecule has 0 aliphatic heterocycles. The Labute approximate surface area is 114 Å². The van der Waals surface area contributed by atoms with Crippen molar-refractivity contribution >= 4 is 21.7 Å². The minimum Gasteiger partial charge on any atom is -0.493 e. The second-order valence-corrected chi connectivity index (χ2v) is 4.95. The summed E-state index contributed by atoms with van der Waals surface area (Å²) in [7, 11) is 3.25. The number of carbonyl (C=O) groups is 1. The van der Waals surface area contributed by atoms with Gasteiger partial charge in [0, 0.05) is 17.1 Å². The van der Waals surface area contributed by atoms with E-state index in [0.717, 1.165) is 10.0 Å². The number of halogens is 1. The number of carbonyl (C=O) groups excluding carboxylic acids is 1. The molecule has 0 aliphatic carbocycles. The van der Waals surface area contributed by atoms with Crippen LogP contribution < -0.4 is 4.74 Å². The van der Waals surface area contributed by atoms with Crippen molar-refractivity contribution in [2.24, 2.45) is 7.05 Å². The molecule has 0 fully saturated rings. The van der Waals surface area contributed by atoms with Crippen molar-refractivity contribution < 1.29 is 9.53 Å². The third-order valence-corrected chi connectivity index (χ3v) is 3.10. The number of ketones is 1. The maximum absolute atomic E-state index is 12.5. The molecule has 1 heterocycles. The fourth-order valence-corrected chi connectivity index (χ4v) is 2.44. The Hall–Kier alpha value is -1.62. The molecule has 0 unspecified atom stereocenters. The highest BCUT2D eigenvalue weighted by Crippen LogP contribution is 2.23. The van der Waals surface area contributed by atoms with Gasteiger partial charge >= 0.3 is 0 Å². The third-order valence-electron chi connectivity index (χ3n) is 2.64. The van der Waals surface area contributed by atoms with E-state index in [4.69, 9.17) is 4.74 Å². The Balaban J connectivity index is 2.50. The zero-order chi connectivity index (χ0) is 13.3. The number of aryl methyl sites for hydroxylation is 2. The van der Waals surface area contributed by atoms with Crippen molar-refractivity contribution in [3.05, 3.63) is 45.7 Å². The number of hydrogen-bond donors (Lipinski definition) is 0. The van der Waals surface area contributed by atoms with E-state index in [1.54, 1.807) is 13.1 Å². The number of aromatic nitrogens is 2. The summed E-state index contributed by atoms with van der Waals surface area (Å²) >= 11 is 3.39. The van der Waals surface area contributed by atoms with Gasteiger partial charge in [-0.15, -0.1) is 0 Å². The summed E-state index contributed by atoms with van der Waals surface area (Å²) in [6.45, 7) is 1.95. The van der Waals surface area contributed by atoms with Crippen molar-refractivity contribution in [1.29, 1.82) is 0 Å². The van der Waals surface area contributed by atoms with Crippen LogP contribution in [0.4, 0.5) is 0 Å². The lowest BCUT2D eigenvalue weighted by Crippen LogP contribution is -2.10. The van der Waals surface area contributed by atoms with E-state index in [0.29, 0.717) is 17.0 Å². The van der Waals surface area contributed by atoms with E-state index in [1.807, 2.05) is 19.1 Å². The van der Waals surface area contributed by atoms with Gasteiger partial charge < -0.3 is 4.74 Å². The van der Waals surface area contributed by atoms with Gasteiger partial charge in [0.25, 0.3) is 0 Å². The van der Waals surface area contributed by atoms with Crippen molar-refractivity contribution in [3.63, 3.8) is 0 Å². The average Bonchev–Trinajstić information content (AvgIpc) is 2.68. The Morgan fingerprint density at radius 1 is 1.39 bits per heavy atom. The van der Waals surface area contributed by atoms with E-state index >= 15 is 0 Å². The van der Waals surface area contributed by atoms with E-state index < -0.39 is 0 Å². The molecule has 2 aromatic rings. The highest BCUT2D eigenvalue weighted by atomic mass is 79.9. The first kappa shape index (κ1) is 12.8. The van der Waals surface area contributed by atoms with Gasteiger partial charge in [-0.1, -0.05) is 15.9 Å². The number of ether oxygens (including phenoxy) is 1. The van der Waals surface area contributed by atoms with Gasteiger partial charge in [0.1, 0.15) is 0 Å². The van der Waals surface area contributed by atoms with Gasteiger partial charge in [0.2, 0.25) is 5.78 Å². The number of rotatable bonds is 3. The van der Waals surface area contributed by atoms with Crippen LogP contribution in [0.2, 0.25) is 0 Å². The molecule has 1 aromatic carbocycles. The molecule has 0 bridgehead atoms. The molecule has 94 valence electrons. The second kappa shape index (κ2) is 4.94. The molecule has 0 atom stereocenters. The largest absolute Gasteiger partial charge is 0.493 e. The van der Waals surface area contributed by atoms with Crippen LogP contribution in [0.1, 0.15) is 21.6 Å². The molecule has 0 saturated heterocycles. The maximum Gasteiger partial charge on any atom is 0.214 e. The molecule has 4 nitrogen and oxygen atoms in total. The molecule has 0 aliphatic rings. The predicted octanol–water partition coefficient (Wildman–Crippen LogP) is 2.73. The normalized spacial score (nSPS) is 10.4. The van der Waals surface area contributed by atoms with Crippen LogP contribution in [-0.4, -0.2) is 22.7 Å². The Kier molecular flexibility index (Phi) is 3.52. The van der Waals surface area contributed by atoms with Crippen LogP contribution in [-0.2, 0) is 7.05 Å². The average molecular weight is 309 g/mol. The van der Waals surface area contributed by atoms with Crippen LogP contribution in [0.3, 0.4) is 0 Å². The van der Waals surface area contributed by atoms with Crippen LogP contribution in [0.5, 0.6) is 5.75 Å². The summed E-state index contributed by atoms with van der Waals surface area (Å²) in [5, 5.41) is 4.04. The molecule has 5 heteroatoms. The maximum atomic E-state index is 12.5. The smallest absolute Gasteiger partial charge is 0.214 e. The van der Waals surface area contributed by atoms with Gasteiger partial charge in [0.05, 0.1) is 13.3 Å². The van der Waals surface area contributed by atoms with E-state index in [1.165, 1.54) is 18.0 Å². The molecule has 0 spiro atoms. The zero-order valence-electron chi connectivity index (χ0n) is 10.4. The predicted molar refractivity (Wildman–Crippen MR) is 72.1 cm³/mol. The van der Waals surface area contributed by atoms with Crippen LogP contribution in [0.25, 0.3) is 0 Å². The topological polar surface area (TPSA) is 44.1 Å². The molecular weight excluding hydrogens is 296 g/mol. The van der Waals surface area contributed by atoms with Gasteiger partial charge in [-0.25, -0.2) is 0 Å². The third kappa shape index (κ3) is 2.31. The van der Waals surface area contributed by atoms with Crippen molar-refractivity contribution in [1.82, 2.24) is 9.78 Å². The molecule has 2 rings (SSSR count). The molecule has 0 saturated carbocycles. The summed E-state index contributed by atoms with van der Waals surface area (Å²) in [5.41, 5.74) is 2.09. The van der Waals surface area contributed by atoms with Gasteiger partial charge in [-0.3, -0.25) is 9.48 Å². The lowest BCUT2D eigenvalue weighted by Gasteiger charge is -2.06. The van der Waals surface area contributed by atoms with Crippen molar-refractivity contribution in [2.75, 3.05) is 7.11 Å². The summed E-state index contributed by atoms with van der Waals surface area (Å²) in [6.07, 6.45) is 1.54. The highest BCUT2D eigenvalue weighted by Gasteiger charge is 2.19. The Morgan fingerprint density at radius 2 is 2.11 bits per heavy atom. The molecule has 0 N–H and O–H groups in total. The van der Waals surface area contributed by atoms with Gasteiger partial charge in [-0.2, -0.15) is 5.10 Å². The van der Waals surface area contributed by atoms with Gasteiger partial charge in [-0.05, 0) is 30.7 Å². The standard InChI is InChI=1S/C13H13BrN2O2/c1-8-4-9(6-10(14)5-8)13(17)12-11(18-3)7-15-16(12)2/h4-7H,1-3H3. The fourth-order valence-electron chi connectivity index (χ4n) is 1.83. The van der Waals surface area contributed by atoms with Crippen LogP contribution in [0.15, 0.2) is 28.9 Å². The first-order valence-electron chi connectivity index (χ1n) is 5.41. The van der Waals surface area contributed by atoms with E-state index in [-0.39, 0.29) is 5.78 Å². The number of benzene rings is 1. The second-order valence-electron chi connectivity index (χ2n) is 4.03. The van der Waals surface area contributed by atoms with Crippen LogP contribution >= 0.6 is 15.9 Å². The van der Waals surface area contributed by atoms with Crippen LogP contribution in [0, 0.1) is 6.92 Å². The number of hydrogen-bond acceptors (Lipinski definition) is 3. The summed E-state index contributed by atoms with van der Waals surface area (Å²) in [6, 6.07) is 5.60. The first-order chi connectivity index (χ1) is 8.52. The number of methoxy groups -OCH3 is 1. The lowest BCUT2D eigenvalue weighted by molar-refractivity contribution is 0.102. The monoisotopic (exact) mass is 308 g/mol. The Morgan fingerprint density at radius 3 is 2.72 bits per heavy atom. The SMILES string of the molecule is COc1cnn(C)c1C(=O)c1cc(C)cc(Br)c1. The zero-order valence-corrected chi connectivity index (χ0v) is 12.0. The minimum absolute atomic E-state index is 0.101. The fraction of sp³-hybridized carbons (Fsp3) is 0.231. The van der Waals surface area contributed by atoms with E-state index in [9.17, 15) is 4.79 Å². The molecular formula is C13H13BrN2O2. The minimum atomic E-state index is -0.101. The highest BCUT2D eigenvalue weighted by molar-refractivity contribution is 9.10. The summed E-state index contributed by atoms with van der Waals surface area (Å²) in [5.74, 6) is 0.386. The molecule has 0 radical (unpaired) electrons. The molecule has 18 heavy (non-hydrogen) atoms. The quantitative estimate of drug-likeness (QED) is 0.819. The van der Waals surface area contributed by atoms with Gasteiger partial charge in [0.15, 0.2) is 11.4 Å². The lowest BCUT2D eigenvalue weighted by atomic mass is 10.1.